The maximum absolute atomic E-state index is 11.6. The van der Waals surface area contributed by atoms with Gasteiger partial charge in [0.25, 0.3) is 0 Å². The Labute approximate surface area is 122 Å². The molecule has 0 radical (unpaired) electrons. The van der Waals surface area contributed by atoms with E-state index in [1.54, 1.807) is 0 Å². The summed E-state index contributed by atoms with van der Waals surface area (Å²) in [7, 11) is -0.614. The molecule has 0 bridgehead atoms. The maximum atomic E-state index is 11.6. The van der Waals surface area contributed by atoms with Crippen molar-refractivity contribution in [1.82, 2.24) is 0 Å². The third-order valence-electron chi connectivity index (χ3n) is 3.35. The summed E-state index contributed by atoms with van der Waals surface area (Å²) in [6.45, 7) is 2.32. The minimum atomic E-state index is -0.614. The van der Waals surface area contributed by atoms with Crippen molar-refractivity contribution in [2.75, 3.05) is 6.61 Å². The van der Waals surface area contributed by atoms with Crippen molar-refractivity contribution in [3.8, 4) is 0 Å². The quantitative estimate of drug-likeness (QED) is 0.602. The van der Waals surface area contributed by atoms with E-state index in [1.807, 2.05) is 19.1 Å². The average molecular weight is 284 g/mol. The van der Waals surface area contributed by atoms with Gasteiger partial charge in [-0.15, -0.1) is 0 Å². The van der Waals surface area contributed by atoms with Crippen LogP contribution in [-0.2, 0) is 9.53 Å². The Morgan fingerprint density at radius 2 is 1.50 bits per heavy atom. The van der Waals surface area contributed by atoms with E-state index in [0.717, 1.165) is 0 Å². The highest BCUT2D eigenvalue weighted by Gasteiger charge is 2.16. The molecule has 0 spiro atoms. The number of hydrogen-bond acceptors (Lipinski definition) is 2. The first-order valence-corrected chi connectivity index (χ1v) is 8.88. The third-order valence-corrected chi connectivity index (χ3v) is 5.56. The second-order valence-corrected chi connectivity index (χ2v) is 6.61. The Hall–Kier alpha value is -1.87. The van der Waals surface area contributed by atoms with Crippen LogP contribution in [0.2, 0.25) is 6.04 Å². The molecule has 0 aliphatic heterocycles. The van der Waals surface area contributed by atoms with Crippen molar-refractivity contribution >= 4 is 15.5 Å². The first kappa shape index (κ1) is 14.5. The summed E-state index contributed by atoms with van der Waals surface area (Å²) in [5.41, 5.74) is 2.98. The Morgan fingerprint density at radius 3 is 1.95 bits per heavy atom. The van der Waals surface area contributed by atoms with Gasteiger partial charge in [0.2, 0.25) is 0 Å². The highest BCUT2D eigenvalue weighted by atomic mass is 28.2. The van der Waals surface area contributed by atoms with Gasteiger partial charge < -0.3 is 4.74 Å². The fraction of sp³-hybridized carbons (Fsp3) is 0.235. The normalized spacial score (nSPS) is 11.1. The number of hydrogen-bond donors (Lipinski definition) is 0. The summed E-state index contributed by atoms with van der Waals surface area (Å²) in [6.07, 6.45) is 0. The highest BCUT2D eigenvalue weighted by molar-refractivity contribution is 6.43. The van der Waals surface area contributed by atoms with Gasteiger partial charge >= 0.3 is 5.97 Å². The van der Waals surface area contributed by atoms with Crippen molar-refractivity contribution in [1.29, 1.82) is 0 Å². The lowest BCUT2D eigenvalue weighted by atomic mass is 10.0. The van der Waals surface area contributed by atoms with Gasteiger partial charge in [-0.3, -0.25) is 4.79 Å². The highest BCUT2D eigenvalue weighted by Crippen LogP contribution is 2.24. The molecule has 0 aliphatic rings. The molecule has 0 fully saturated rings. The van der Waals surface area contributed by atoms with Crippen molar-refractivity contribution in [3.63, 3.8) is 0 Å². The van der Waals surface area contributed by atoms with E-state index in [1.165, 1.54) is 11.1 Å². The molecule has 0 heterocycles. The van der Waals surface area contributed by atoms with E-state index in [9.17, 15) is 4.79 Å². The molecule has 0 aromatic heterocycles. The molecule has 2 rings (SSSR count). The zero-order valence-corrected chi connectivity index (χ0v) is 13.2. The van der Waals surface area contributed by atoms with Gasteiger partial charge in [-0.2, -0.15) is 0 Å². The first-order chi connectivity index (χ1) is 9.81. The smallest absolute Gasteiger partial charge is 0.302 e. The summed E-state index contributed by atoms with van der Waals surface area (Å²) >= 11 is 0. The van der Waals surface area contributed by atoms with Crippen molar-refractivity contribution in [2.45, 2.75) is 18.5 Å². The van der Waals surface area contributed by atoms with E-state index in [0.29, 0.717) is 18.2 Å². The summed E-state index contributed by atoms with van der Waals surface area (Å²) < 4.78 is 5.06. The van der Waals surface area contributed by atoms with Crippen LogP contribution in [0.1, 0.15) is 23.6 Å². The average Bonchev–Trinajstić information content (AvgIpc) is 2.50. The van der Waals surface area contributed by atoms with E-state index in [4.69, 9.17) is 4.74 Å². The fourth-order valence-corrected chi connectivity index (χ4v) is 4.27. The van der Waals surface area contributed by atoms with Gasteiger partial charge in [0.15, 0.2) is 0 Å². The molecule has 0 amide bonds. The van der Waals surface area contributed by atoms with Crippen molar-refractivity contribution in [3.05, 3.63) is 71.8 Å². The minimum absolute atomic E-state index is 0.0592. The Kier molecular flexibility index (Phi) is 5.56. The van der Waals surface area contributed by atoms with Crippen LogP contribution in [0.3, 0.4) is 0 Å². The first-order valence-electron chi connectivity index (χ1n) is 7.06. The lowest BCUT2D eigenvalue weighted by molar-refractivity contribution is -0.140. The molecule has 0 saturated heterocycles. The zero-order chi connectivity index (χ0) is 14.2. The number of carbonyl (C=O) groups excluding carboxylic acids is 1. The lowest BCUT2D eigenvalue weighted by Crippen LogP contribution is -2.15. The van der Waals surface area contributed by atoms with E-state index >= 15 is 0 Å². The maximum Gasteiger partial charge on any atom is 0.302 e. The van der Waals surface area contributed by atoms with E-state index < -0.39 is 9.52 Å². The number of esters is 1. The topological polar surface area (TPSA) is 26.3 Å². The van der Waals surface area contributed by atoms with Gasteiger partial charge in [-0.05, 0) is 23.6 Å². The summed E-state index contributed by atoms with van der Waals surface area (Å²) in [5, 5.41) is 0. The Bertz CT molecular complexity index is 486. The van der Waals surface area contributed by atoms with Crippen LogP contribution in [0.25, 0.3) is 0 Å². The lowest BCUT2D eigenvalue weighted by Gasteiger charge is -2.17. The summed E-state index contributed by atoms with van der Waals surface area (Å²) in [4.78, 5) is 11.6. The molecule has 0 N–H and O–H groups in total. The molecular formula is C17H20O2Si. The summed E-state index contributed by atoms with van der Waals surface area (Å²) in [6, 6.07) is 21.5. The monoisotopic (exact) mass is 284 g/mol. The van der Waals surface area contributed by atoms with Gasteiger partial charge in [0.1, 0.15) is 0 Å². The Balaban J connectivity index is 2.15. The number of benzene rings is 2. The van der Waals surface area contributed by atoms with Gasteiger partial charge in [-0.1, -0.05) is 60.7 Å². The molecule has 0 unspecified atom stereocenters. The molecule has 104 valence electrons. The predicted octanol–water partition coefficient (Wildman–Crippen LogP) is 2.93. The molecule has 3 heteroatoms. The molecule has 2 aromatic carbocycles. The number of rotatable bonds is 6. The number of carbonyl (C=O) groups is 1. The second-order valence-electron chi connectivity index (χ2n) is 4.72. The molecule has 0 aliphatic carbocycles. The van der Waals surface area contributed by atoms with E-state index in [2.05, 4.69) is 48.5 Å². The van der Waals surface area contributed by atoms with E-state index in [-0.39, 0.29) is 5.97 Å². The minimum Gasteiger partial charge on any atom is -0.466 e. The van der Waals surface area contributed by atoms with Crippen molar-refractivity contribution in [2.24, 2.45) is 0 Å². The molecule has 0 atom stereocenters. The van der Waals surface area contributed by atoms with Crippen LogP contribution in [-0.4, -0.2) is 22.1 Å². The van der Waals surface area contributed by atoms with Crippen LogP contribution < -0.4 is 0 Å². The molecule has 2 aromatic rings. The van der Waals surface area contributed by atoms with Crippen LogP contribution >= 0.6 is 0 Å². The van der Waals surface area contributed by atoms with Crippen LogP contribution in [0, 0.1) is 0 Å². The molecule has 0 saturated carbocycles. The Morgan fingerprint density at radius 1 is 1.00 bits per heavy atom. The van der Waals surface area contributed by atoms with Gasteiger partial charge in [0.05, 0.1) is 6.61 Å². The predicted molar refractivity (Wildman–Crippen MR) is 84.7 cm³/mol. The second kappa shape index (κ2) is 7.65. The van der Waals surface area contributed by atoms with Crippen LogP contribution in [0.5, 0.6) is 0 Å². The third kappa shape index (κ3) is 4.07. The van der Waals surface area contributed by atoms with Gasteiger partial charge in [-0.25, -0.2) is 0 Å². The van der Waals surface area contributed by atoms with Crippen LogP contribution in [0.15, 0.2) is 60.7 Å². The fourth-order valence-electron chi connectivity index (χ4n) is 2.39. The zero-order valence-electron chi connectivity index (χ0n) is 11.8. The molecule has 2 nitrogen and oxygen atoms in total. The standard InChI is InChI=1S/C17H20O2Si/c1-2-19-16(18)13-20-17(14-9-5-3-6-10-14)15-11-7-4-8-12-15/h3-12,17H,2,13,20H2,1H3. The largest absolute Gasteiger partial charge is 0.466 e. The van der Waals surface area contributed by atoms with Crippen molar-refractivity contribution < 1.29 is 9.53 Å². The number of ether oxygens (including phenoxy) is 1. The molecule has 20 heavy (non-hydrogen) atoms. The van der Waals surface area contributed by atoms with Gasteiger partial charge in [0, 0.05) is 15.6 Å². The SMILES string of the molecule is CCOC(=O)C[SiH2]C(c1ccccc1)c1ccccc1. The summed E-state index contributed by atoms with van der Waals surface area (Å²) in [5.74, 6) is -0.0592. The molecular weight excluding hydrogens is 264 g/mol. The van der Waals surface area contributed by atoms with Crippen LogP contribution in [0.4, 0.5) is 0 Å².